The lowest BCUT2D eigenvalue weighted by molar-refractivity contribution is -0.161. The minimum absolute atomic E-state index is 0.0531. The molecule has 0 spiro atoms. The molecule has 2 atom stereocenters. The molecule has 0 aliphatic rings. The van der Waals surface area contributed by atoms with E-state index in [1.807, 2.05) is 0 Å². The van der Waals surface area contributed by atoms with E-state index in [9.17, 15) is 19.0 Å². The van der Waals surface area contributed by atoms with E-state index >= 15 is 0 Å². The first-order valence-corrected chi connectivity index (χ1v) is 23.8. The summed E-state index contributed by atoms with van der Waals surface area (Å²) in [5.41, 5.74) is 5.34. The monoisotopic (exact) mass is 786 g/mol. The molecular weight excluding hydrogens is 701 g/mol. The molecule has 0 aromatic carbocycles. The number of hydrogen-bond acceptors (Lipinski definition) is 8. The van der Waals surface area contributed by atoms with E-state index in [-0.39, 0.29) is 38.6 Å². The predicted molar refractivity (Wildman–Crippen MR) is 224 cm³/mol. The van der Waals surface area contributed by atoms with Crippen LogP contribution in [0.2, 0.25) is 0 Å². The second-order valence-corrected chi connectivity index (χ2v) is 16.4. The SMILES string of the molecule is CCCCC/C=C/CCCCCCCC(=O)O[C@@H](COC(=O)CCCCCCCCCCCCC/C=C/CCCCCCCC)COP(=O)(O)OCCN. The van der Waals surface area contributed by atoms with Crippen LogP contribution in [0.5, 0.6) is 0 Å². The number of rotatable bonds is 42. The Hall–Kier alpha value is -1.51. The van der Waals surface area contributed by atoms with Crippen LogP contribution in [-0.4, -0.2) is 49.3 Å². The molecular formula is C44H84NO8P. The van der Waals surface area contributed by atoms with Crippen molar-refractivity contribution in [2.24, 2.45) is 5.73 Å². The van der Waals surface area contributed by atoms with Crippen LogP contribution in [0.1, 0.15) is 213 Å². The largest absolute Gasteiger partial charge is 0.472 e. The Bertz CT molecular complexity index is 944. The third kappa shape index (κ3) is 40.2. The van der Waals surface area contributed by atoms with Gasteiger partial charge in [-0.15, -0.1) is 0 Å². The van der Waals surface area contributed by atoms with E-state index in [1.165, 1.54) is 122 Å². The van der Waals surface area contributed by atoms with Crippen LogP contribution in [0.15, 0.2) is 24.3 Å². The quantitative estimate of drug-likeness (QED) is 0.0268. The number of phosphoric ester groups is 1. The molecule has 0 aliphatic heterocycles. The summed E-state index contributed by atoms with van der Waals surface area (Å²) in [5.74, 6) is -0.834. The van der Waals surface area contributed by atoms with Gasteiger partial charge in [0.2, 0.25) is 0 Å². The van der Waals surface area contributed by atoms with Crippen molar-refractivity contribution in [1.29, 1.82) is 0 Å². The summed E-state index contributed by atoms with van der Waals surface area (Å²) in [6.07, 6.45) is 43.6. The van der Waals surface area contributed by atoms with Gasteiger partial charge in [0, 0.05) is 19.4 Å². The van der Waals surface area contributed by atoms with Gasteiger partial charge in [-0.2, -0.15) is 0 Å². The smallest absolute Gasteiger partial charge is 0.462 e. The molecule has 0 radical (unpaired) electrons. The molecule has 0 amide bonds. The Labute approximate surface area is 332 Å². The summed E-state index contributed by atoms with van der Waals surface area (Å²) in [5, 5.41) is 0. The van der Waals surface area contributed by atoms with E-state index in [0.29, 0.717) is 6.42 Å². The number of carbonyl (C=O) groups excluding carboxylic acids is 2. The summed E-state index contributed by atoms with van der Waals surface area (Å²) in [6, 6.07) is 0. The van der Waals surface area contributed by atoms with Crippen LogP contribution in [0.3, 0.4) is 0 Å². The van der Waals surface area contributed by atoms with E-state index in [1.54, 1.807) is 0 Å². The fourth-order valence-electron chi connectivity index (χ4n) is 6.21. The second-order valence-electron chi connectivity index (χ2n) is 14.9. The minimum Gasteiger partial charge on any atom is -0.462 e. The molecule has 0 heterocycles. The van der Waals surface area contributed by atoms with Crippen LogP contribution in [0.25, 0.3) is 0 Å². The van der Waals surface area contributed by atoms with Gasteiger partial charge in [0.15, 0.2) is 6.10 Å². The molecule has 0 saturated carbocycles. The lowest BCUT2D eigenvalue weighted by Crippen LogP contribution is -2.29. The van der Waals surface area contributed by atoms with Crippen LogP contribution in [0.4, 0.5) is 0 Å². The summed E-state index contributed by atoms with van der Waals surface area (Å²) < 4.78 is 32.7. The Morgan fingerprint density at radius 3 is 1.35 bits per heavy atom. The molecule has 1 unspecified atom stereocenters. The van der Waals surface area contributed by atoms with E-state index in [0.717, 1.165) is 57.8 Å². The minimum atomic E-state index is -4.37. The summed E-state index contributed by atoms with van der Waals surface area (Å²) >= 11 is 0. The van der Waals surface area contributed by atoms with Gasteiger partial charge in [-0.3, -0.25) is 18.6 Å². The third-order valence-electron chi connectivity index (χ3n) is 9.56. The van der Waals surface area contributed by atoms with Crippen molar-refractivity contribution in [1.82, 2.24) is 0 Å². The topological polar surface area (TPSA) is 134 Å². The average Bonchev–Trinajstić information content (AvgIpc) is 3.16. The van der Waals surface area contributed by atoms with Crippen molar-refractivity contribution >= 4 is 19.8 Å². The lowest BCUT2D eigenvalue weighted by Gasteiger charge is -2.19. The van der Waals surface area contributed by atoms with Crippen molar-refractivity contribution < 1.29 is 37.6 Å². The molecule has 54 heavy (non-hydrogen) atoms. The molecule has 10 heteroatoms. The Balaban J connectivity index is 4.05. The highest BCUT2D eigenvalue weighted by Crippen LogP contribution is 2.43. The van der Waals surface area contributed by atoms with Gasteiger partial charge < -0.3 is 20.1 Å². The maximum absolute atomic E-state index is 12.5. The van der Waals surface area contributed by atoms with Gasteiger partial charge in [-0.25, -0.2) is 4.57 Å². The summed E-state index contributed by atoms with van der Waals surface area (Å²) in [6.45, 7) is 3.71. The lowest BCUT2D eigenvalue weighted by atomic mass is 10.0. The standard InChI is InChI=1S/C44H84NO8P/c1-3-5-7-9-11-13-15-17-18-19-20-21-22-23-24-25-27-28-30-32-34-36-43(46)50-40-42(41-52-54(48,49)51-39-38-45)53-44(47)37-35-33-31-29-26-16-14-12-10-8-6-4-2/h12,14,17-18,42H,3-11,13,15-16,19-41,45H2,1-2H3,(H,48,49)/b14-12+,18-17+/t42-/m0/s1. The number of hydrogen-bond donors (Lipinski definition) is 2. The maximum atomic E-state index is 12.5. The van der Waals surface area contributed by atoms with Gasteiger partial charge in [-0.05, 0) is 64.2 Å². The molecule has 0 bridgehead atoms. The molecule has 0 aromatic rings. The zero-order valence-corrected chi connectivity index (χ0v) is 35.9. The van der Waals surface area contributed by atoms with Crippen molar-refractivity contribution in [3.63, 3.8) is 0 Å². The van der Waals surface area contributed by atoms with Crippen molar-refractivity contribution in [2.75, 3.05) is 26.4 Å². The molecule has 3 N–H and O–H groups in total. The number of carbonyl (C=O) groups is 2. The molecule has 0 fully saturated rings. The van der Waals surface area contributed by atoms with E-state index in [4.69, 9.17) is 24.3 Å². The normalized spacial score (nSPS) is 13.5. The summed E-state index contributed by atoms with van der Waals surface area (Å²) in [7, 11) is -4.37. The second kappa shape index (κ2) is 41.1. The highest BCUT2D eigenvalue weighted by Gasteiger charge is 2.26. The molecule has 0 rings (SSSR count). The first-order valence-electron chi connectivity index (χ1n) is 22.3. The zero-order chi connectivity index (χ0) is 39.6. The number of esters is 2. The third-order valence-corrected chi connectivity index (χ3v) is 10.5. The Morgan fingerprint density at radius 1 is 0.537 bits per heavy atom. The highest BCUT2D eigenvalue weighted by atomic mass is 31.2. The van der Waals surface area contributed by atoms with Gasteiger partial charge in [-0.1, -0.05) is 160 Å². The maximum Gasteiger partial charge on any atom is 0.472 e. The van der Waals surface area contributed by atoms with Gasteiger partial charge in [0.25, 0.3) is 0 Å². The number of nitrogens with two attached hydrogens (primary N) is 1. The van der Waals surface area contributed by atoms with E-state index < -0.39 is 26.5 Å². The number of allylic oxidation sites excluding steroid dienone is 4. The molecule has 9 nitrogen and oxygen atoms in total. The van der Waals surface area contributed by atoms with Crippen molar-refractivity contribution in [2.45, 2.75) is 219 Å². The number of unbranched alkanes of at least 4 members (excludes halogenated alkanes) is 25. The Kier molecular flexibility index (Phi) is 40.0. The first kappa shape index (κ1) is 52.5. The molecule has 318 valence electrons. The van der Waals surface area contributed by atoms with Gasteiger partial charge in [0.05, 0.1) is 13.2 Å². The molecule has 0 aliphatic carbocycles. The highest BCUT2D eigenvalue weighted by molar-refractivity contribution is 7.47. The fraction of sp³-hybridized carbons (Fsp3) is 0.864. The number of phosphoric acid groups is 1. The van der Waals surface area contributed by atoms with Crippen LogP contribution >= 0.6 is 7.82 Å². The predicted octanol–water partition coefficient (Wildman–Crippen LogP) is 12.8. The molecule has 0 aromatic heterocycles. The zero-order valence-electron chi connectivity index (χ0n) is 35.0. The average molecular weight is 786 g/mol. The first-order chi connectivity index (χ1) is 26.3. The number of ether oxygens (including phenoxy) is 2. The summed E-state index contributed by atoms with van der Waals surface area (Å²) in [4.78, 5) is 34.8. The van der Waals surface area contributed by atoms with E-state index in [2.05, 4.69) is 38.2 Å². The Morgan fingerprint density at radius 2 is 0.907 bits per heavy atom. The van der Waals surface area contributed by atoms with Crippen LogP contribution in [-0.2, 0) is 32.7 Å². The van der Waals surface area contributed by atoms with Crippen LogP contribution < -0.4 is 5.73 Å². The van der Waals surface area contributed by atoms with Crippen molar-refractivity contribution in [3.8, 4) is 0 Å². The van der Waals surface area contributed by atoms with Gasteiger partial charge in [0.1, 0.15) is 6.61 Å². The fourth-order valence-corrected chi connectivity index (χ4v) is 6.98. The molecule has 0 saturated heterocycles. The van der Waals surface area contributed by atoms with Crippen molar-refractivity contribution in [3.05, 3.63) is 24.3 Å². The van der Waals surface area contributed by atoms with Crippen LogP contribution in [0, 0.1) is 0 Å². The van der Waals surface area contributed by atoms with Gasteiger partial charge >= 0.3 is 19.8 Å².